The first-order valence-electron chi connectivity index (χ1n) is 7.23. The van der Waals surface area contributed by atoms with Gasteiger partial charge in [0.05, 0.1) is 0 Å². The highest BCUT2D eigenvalue weighted by Gasteiger charge is 2.12. The molecule has 0 aromatic heterocycles. The maximum Gasteiger partial charge on any atom is 0.0462 e. The minimum atomic E-state index is 0.298. The minimum Gasteiger partial charge on any atom is -0.271 e. The van der Waals surface area contributed by atoms with Crippen LogP contribution in [0.15, 0.2) is 18.2 Å². The molecule has 1 aromatic carbocycles. The average molecular weight is 248 g/mol. The van der Waals surface area contributed by atoms with Crippen LogP contribution in [0.5, 0.6) is 0 Å². The molecule has 1 aromatic rings. The van der Waals surface area contributed by atoms with E-state index in [9.17, 15) is 0 Å². The minimum absolute atomic E-state index is 0.298. The van der Waals surface area contributed by atoms with Crippen molar-refractivity contribution in [3.63, 3.8) is 0 Å². The highest BCUT2D eigenvalue weighted by molar-refractivity contribution is 5.35. The van der Waals surface area contributed by atoms with E-state index in [0.29, 0.717) is 6.04 Å². The van der Waals surface area contributed by atoms with Crippen molar-refractivity contribution >= 4 is 0 Å². The lowest BCUT2D eigenvalue weighted by Gasteiger charge is -2.19. The molecular weight excluding hydrogens is 220 g/mol. The standard InChI is InChI=1S/C16H28N2/c1-4-5-6-7-8-12-16(18-17)15-11-9-10-13(2)14(15)3/h9-11,16,18H,4-8,12,17H2,1-3H3. The van der Waals surface area contributed by atoms with Gasteiger partial charge in [-0.3, -0.25) is 11.3 Å². The average Bonchev–Trinajstić information content (AvgIpc) is 2.38. The van der Waals surface area contributed by atoms with E-state index in [1.807, 2.05) is 0 Å². The Kier molecular flexibility index (Phi) is 6.99. The van der Waals surface area contributed by atoms with Crippen molar-refractivity contribution in [2.75, 3.05) is 0 Å². The molecule has 0 heterocycles. The van der Waals surface area contributed by atoms with Gasteiger partial charge in [0, 0.05) is 6.04 Å². The Morgan fingerprint density at radius 2 is 1.83 bits per heavy atom. The van der Waals surface area contributed by atoms with Crippen LogP contribution in [0, 0.1) is 13.8 Å². The van der Waals surface area contributed by atoms with Gasteiger partial charge in [0.1, 0.15) is 0 Å². The summed E-state index contributed by atoms with van der Waals surface area (Å²) in [6.07, 6.45) is 7.70. The number of nitrogens with two attached hydrogens (primary N) is 1. The zero-order valence-corrected chi connectivity index (χ0v) is 12.1. The van der Waals surface area contributed by atoms with E-state index in [1.54, 1.807) is 0 Å². The molecule has 1 rings (SSSR count). The highest BCUT2D eigenvalue weighted by Crippen LogP contribution is 2.24. The fourth-order valence-corrected chi connectivity index (χ4v) is 2.43. The molecule has 1 atom stereocenters. The lowest BCUT2D eigenvalue weighted by molar-refractivity contribution is 0.477. The molecule has 0 bridgehead atoms. The second kappa shape index (κ2) is 8.28. The van der Waals surface area contributed by atoms with Crippen molar-refractivity contribution in [1.82, 2.24) is 5.43 Å². The van der Waals surface area contributed by atoms with Gasteiger partial charge >= 0.3 is 0 Å². The number of benzene rings is 1. The molecular formula is C16H28N2. The molecule has 0 aliphatic rings. The van der Waals surface area contributed by atoms with Crippen LogP contribution in [0.3, 0.4) is 0 Å². The largest absolute Gasteiger partial charge is 0.271 e. The number of hydrazine groups is 1. The molecule has 102 valence electrons. The van der Waals surface area contributed by atoms with Crippen molar-refractivity contribution < 1.29 is 0 Å². The predicted octanol–water partition coefficient (Wildman–Crippen LogP) is 4.17. The normalized spacial score (nSPS) is 12.7. The number of hydrogen-bond acceptors (Lipinski definition) is 2. The lowest BCUT2D eigenvalue weighted by atomic mass is 9.94. The molecule has 18 heavy (non-hydrogen) atoms. The first-order chi connectivity index (χ1) is 8.70. The van der Waals surface area contributed by atoms with E-state index in [1.165, 1.54) is 48.8 Å². The predicted molar refractivity (Wildman–Crippen MR) is 79.4 cm³/mol. The van der Waals surface area contributed by atoms with E-state index in [2.05, 4.69) is 44.4 Å². The fourth-order valence-electron chi connectivity index (χ4n) is 2.43. The summed E-state index contributed by atoms with van der Waals surface area (Å²) in [5.41, 5.74) is 7.05. The van der Waals surface area contributed by atoms with Crippen LogP contribution >= 0.6 is 0 Å². The van der Waals surface area contributed by atoms with Gasteiger partial charge in [-0.1, -0.05) is 57.2 Å². The molecule has 0 saturated heterocycles. The Labute approximate surface area is 112 Å². The first-order valence-corrected chi connectivity index (χ1v) is 7.23. The van der Waals surface area contributed by atoms with Crippen molar-refractivity contribution in [3.05, 3.63) is 34.9 Å². The van der Waals surface area contributed by atoms with E-state index in [4.69, 9.17) is 5.84 Å². The molecule has 0 amide bonds. The molecule has 0 radical (unpaired) electrons. The summed E-state index contributed by atoms with van der Waals surface area (Å²) >= 11 is 0. The molecule has 2 nitrogen and oxygen atoms in total. The zero-order chi connectivity index (χ0) is 13.4. The maximum absolute atomic E-state index is 5.71. The quantitative estimate of drug-likeness (QED) is 0.412. The van der Waals surface area contributed by atoms with Crippen LogP contribution in [0.1, 0.15) is 68.2 Å². The molecule has 0 fully saturated rings. The second-order valence-corrected chi connectivity index (χ2v) is 5.21. The molecule has 2 heteroatoms. The van der Waals surface area contributed by atoms with E-state index in [0.717, 1.165) is 6.42 Å². The maximum atomic E-state index is 5.71. The van der Waals surface area contributed by atoms with Crippen molar-refractivity contribution in [2.24, 2.45) is 5.84 Å². The van der Waals surface area contributed by atoms with Crippen LogP contribution in [0.2, 0.25) is 0 Å². The molecule has 0 aliphatic carbocycles. The highest BCUT2D eigenvalue weighted by atomic mass is 15.2. The molecule has 0 aliphatic heterocycles. The Bertz CT molecular complexity index is 347. The number of unbranched alkanes of at least 4 members (excludes halogenated alkanes) is 4. The fraction of sp³-hybridized carbons (Fsp3) is 0.625. The van der Waals surface area contributed by atoms with Crippen LogP contribution in [0.4, 0.5) is 0 Å². The number of rotatable bonds is 8. The van der Waals surface area contributed by atoms with Gasteiger partial charge in [0.15, 0.2) is 0 Å². The lowest BCUT2D eigenvalue weighted by Crippen LogP contribution is -2.28. The van der Waals surface area contributed by atoms with Gasteiger partial charge in [-0.15, -0.1) is 0 Å². The third-order valence-electron chi connectivity index (χ3n) is 3.82. The van der Waals surface area contributed by atoms with Crippen molar-refractivity contribution in [2.45, 2.75) is 65.3 Å². The number of aryl methyl sites for hydroxylation is 1. The zero-order valence-electron chi connectivity index (χ0n) is 12.1. The Hall–Kier alpha value is -0.860. The molecule has 0 saturated carbocycles. The third-order valence-corrected chi connectivity index (χ3v) is 3.82. The van der Waals surface area contributed by atoms with Gasteiger partial charge in [0.25, 0.3) is 0 Å². The van der Waals surface area contributed by atoms with Crippen molar-refractivity contribution in [3.8, 4) is 0 Å². The van der Waals surface area contributed by atoms with Crippen LogP contribution < -0.4 is 11.3 Å². The van der Waals surface area contributed by atoms with Gasteiger partial charge in [-0.2, -0.15) is 0 Å². The van der Waals surface area contributed by atoms with Crippen molar-refractivity contribution in [1.29, 1.82) is 0 Å². The Morgan fingerprint density at radius 3 is 2.50 bits per heavy atom. The first kappa shape index (κ1) is 15.2. The number of nitrogens with one attached hydrogen (secondary N) is 1. The second-order valence-electron chi connectivity index (χ2n) is 5.21. The van der Waals surface area contributed by atoms with Gasteiger partial charge < -0.3 is 0 Å². The van der Waals surface area contributed by atoms with Crippen LogP contribution in [-0.4, -0.2) is 0 Å². The molecule has 3 N–H and O–H groups in total. The summed E-state index contributed by atoms with van der Waals surface area (Å²) in [4.78, 5) is 0. The SMILES string of the molecule is CCCCCCCC(NN)c1cccc(C)c1C. The van der Waals surface area contributed by atoms with E-state index in [-0.39, 0.29) is 0 Å². The summed E-state index contributed by atoms with van der Waals surface area (Å²) in [5, 5.41) is 0. The number of hydrogen-bond donors (Lipinski definition) is 2. The molecule has 0 spiro atoms. The van der Waals surface area contributed by atoms with Crippen LogP contribution in [-0.2, 0) is 0 Å². The van der Waals surface area contributed by atoms with E-state index >= 15 is 0 Å². The van der Waals surface area contributed by atoms with Gasteiger partial charge in [-0.25, -0.2) is 0 Å². The van der Waals surface area contributed by atoms with Gasteiger partial charge in [-0.05, 0) is 37.0 Å². The summed E-state index contributed by atoms with van der Waals surface area (Å²) in [5.74, 6) is 5.71. The summed E-state index contributed by atoms with van der Waals surface area (Å²) in [7, 11) is 0. The van der Waals surface area contributed by atoms with E-state index < -0.39 is 0 Å². The molecule has 1 unspecified atom stereocenters. The summed E-state index contributed by atoms with van der Waals surface area (Å²) < 4.78 is 0. The smallest absolute Gasteiger partial charge is 0.0462 e. The topological polar surface area (TPSA) is 38.0 Å². The Balaban J connectivity index is 2.52. The van der Waals surface area contributed by atoms with Crippen LogP contribution in [0.25, 0.3) is 0 Å². The third kappa shape index (κ3) is 4.43. The Morgan fingerprint density at radius 1 is 1.11 bits per heavy atom. The monoisotopic (exact) mass is 248 g/mol. The van der Waals surface area contributed by atoms with Gasteiger partial charge in [0.2, 0.25) is 0 Å². The summed E-state index contributed by atoms with van der Waals surface area (Å²) in [6.45, 7) is 6.60. The summed E-state index contributed by atoms with van der Waals surface area (Å²) in [6, 6.07) is 6.78.